The maximum atomic E-state index is 13.9. The third kappa shape index (κ3) is 4.66. The van der Waals surface area contributed by atoms with E-state index in [1.165, 1.54) is 16.5 Å². The van der Waals surface area contributed by atoms with Gasteiger partial charge in [0.2, 0.25) is 5.95 Å². The number of nitrogens with one attached hydrogen (secondary N) is 1. The van der Waals surface area contributed by atoms with Crippen molar-refractivity contribution in [2.75, 3.05) is 10.2 Å². The lowest BCUT2D eigenvalue weighted by Gasteiger charge is -2.16. The summed E-state index contributed by atoms with van der Waals surface area (Å²) in [6.45, 7) is 1.58. The first-order valence-electron chi connectivity index (χ1n) is 9.68. The Kier molecular flexibility index (Phi) is 5.72. The number of carbonyl (C=O) groups is 2. The van der Waals surface area contributed by atoms with Gasteiger partial charge in [0.1, 0.15) is 11.5 Å². The van der Waals surface area contributed by atoms with Gasteiger partial charge in [-0.2, -0.15) is 23.1 Å². The van der Waals surface area contributed by atoms with Crippen LogP contribution in [0.2, 0.25) is 0 Å². The standard InChI is InChI=1S/C21H14F4N6O4/c1-10-17(30-9-12(22)4-7-15(30)26-10)14-8-16(31(19(32)33)20(34)35)29-18(28-14)27-13-5-2-11(3-6-13)21(23,24)25/h2-9H,1H3,(H,32,33)(H,34,35)(H,27,28,29). The van der Waals surface area contributed by atoms with E-state index in [1.807, 2.05) is 0 Å². The fraction of sp³-hybridized carbons (Fsp3) is 0.0952. The highest BCUT2D eigenvalue weighted by Crippen LogP contribution is 2.31. The minimum atomic E-state index is -4.55. The lowest BCUT2D eigenvalue weighted by molar-refractivity contribution is -0.137. The van der Waals surface area contributed by atoms with Crippen LogP contribution in [0.3, 0.4) is 0 Å². The predicted octanol–water partition coefficient (Wildman–Crippen LogP) is 5.16. The average molecular weight is 490 g/mol. The lowest BCUT2D eigenvalue weighted by Crippen LogP contribution is -2.35. The number of aryl methyl sites for hydroxylation is 1. The van der Waals surface area contributed by atoms with Gasteiger partial charge in [0, 0.05) is 18.0 Å². The number of anilines is 3. The van der Waals surface area contributed by atoms with Gasteiger partial charge in [-0.25, -0.2) is 23.9 Å². The zero-order valence-electron chi connectivity index (χ0n) is 17.6. The van der Waals surface area contributed by atoms with Gasteiger partial charge in [0.05, 0.1) is 22.6 Å². The summed E-state index contributed by atoms with van der Waals surface area (Å²) >= 11 is 0. The minimum Gasteiger partial charge on any atom is -0.464 e. The number of aromatic nitrogens is 4. The van der Waals surface area contributed by atoms with E-state index in [9.17, 15) is 37.4 Å². The Morgan fingerprint density at radius 2 is 1.66 bits per heavy atom. The van der Waals surface area contributed by atoms with E-state index in [0.717, 1.165) is 36.5 Å². The van der Waals surface area contributed by atoms with Crippen molar-refractivity contribution in [3.05, 3.63) is 65.7 Å². The molecule has 0 saturated heterocycles. The molecule has 0 atom stereocenters. The molecule has 0 aliphatic carbocycles. The Bertz CT molecular complexity index is 1440. The summed E-state index contributed by atoms with van der Waals surface area (Å²) in [7, 11) is 0. The van der Waals surface area contributed by atoms with Crippen LogP contribution < -0.4 is 10.2 Å². The maximum Gasteiger partial charge on any atom is 0.422 e. The second-order valence-corrected chi connectivity index (χ2v) is 7.16. The first-order valence-corrected chi connectivity index (χ1v) is 9.68. The number of imide groups is 1. The molecule has 180 valence electrons. The van der Waals surface area contributed by atoms with E-state index in [2.05, 4.69) is 20.3 Å². The molecule has 0 fully saturated rings. The molecule has 14 heteroatoms. The van der Waals surface area contributed by atoms with Crippen LogP contribution in [-0.2, 0) is 6.18 Å². The molecule has 2 amide bonds. The van der Waals surface area contributed by atoms with Gasteiger partial charge >= 0.3 is 18.4 Å². The summed E-state index contributed by atoms with van der Waals surface area (Å²) in [5.41, 5.74) is 0.105. The summed E-state index contributed by atoms with van der Waals surface area (Å²) in [6, 6.07) is 7.46. The quantitative estimate of drug-likeness (QED) is 0.334. The first kappa shape index (κ1) is 23.4. The molecule has 4 aromatic rings. The number of imidazole rings is 1. The number of fused-ring (bicyclic) bond motifs is 1. The number of pyridine rings is 1. The Morgan fingerprint density at radius 1 is 1.00 bits per heavy atom. The third-order valence-corrected chi connectivity index (χ3v) is 4.79. The number of amides is 2. The molecular weight excluding hydrogens is 476 g/mol. The number of carboxylic acid groups (broad SMARTS) is 2. The highest BCUT2D eigenvalue weighted by Gasteiger charge is 2.30. The molecule has 35 heavy (non-hydrogen) atoms. The van der Waals surface area contributed by atoms with Gasteiger partial charge in [-0.3, -0.25) is 4.40 Å². The van der Waals surface area contributed by atoms with Crippen LogP contribution >= 0.6 is 0 Å². The largest absolute Gasteiger partial charge is 0.464 e. The van der Waals surface area contributed by atoms with Gasteiger partial charge in [-0.15, -0.1) is 0 Å². The molecule has 10 nitrogen and oxygen atoms in total. The van der Waals surface area contributed by atoms with E-state index >= 15 is 0 Å². The molecule has 4 rings (SSSR count). The van der Waals surface area contributed by atoms with Crippen molar-refractivity contribution in [1.29, 1.82) is 0 Å². The molecule has 0 spiro atoms. The number of hydrogen-bond acceptors (Lipinski definition) is 6. The zero-order valence-corrected chi connectivity index (χ0v) is 17.6. The molecular formula is C21H14F4N6O4. The molecule has 0 bridgehead atoms. The number of benzene rings is 1. The molecule has 3 heterocycles. The summed E-state index contributed by atoms with van der Waals surface area (Å²) < 4.78 is 53.8. The van der Waals surface area contributed by atoms with E-state index in [1.54, 1.807) is 6.92 Å². The van der Waals surface area contributed by atoms with Crippen LogP contribution in [0.4, 0.5) is 44.6 Å². The van der Waals surface area contributed by atoms with Crippen molar-refractivity contribution in [2.45, 2.75) is 13.1 Å². The zero-order chi connectivity index (χ0) is 25.5. The topological polar surface area (TPSA) is 133 Å². The molecule has 0 aliphatic heterocycles. The van der Waals surface area contributed by atoms with Crippen LogP contribution in [-0.4, -0.2) is 41.8 Å². The SMILES string of the molecule is Cc1nc2ccc(F)cn2c1-c1cc(N(C(=O)O)C(=O)O)nc(Nc2ccc(C(F)(F)F)cc2)n1. The van der Waals surface area contributed by atoms with Gasteiger partial charge in [0.15, 0.2) is 5.82 Å². The summed E-state index contributed by atoms with van der Waals surface area (Å²) in [5, 5.41) is 21.3. The fourth-order valence-corrected chi connectivity index (χ4v) is 3.32. The van der Waals surface area contributed by atoms with Crippen molar-refractivity contribution in [1.82, 2.24) is 19.4 Å². The van der Waals surface area contributed by atoms with Crippen LogP contribution in [0.1, 0.15) is 11.3 Å². The van der Waals surface area contributed by atoms with Gasteiger partial charge in [-0.05, 0) is 43.3 Å². The first-order chi connectivity index (χ1) is 16.4. The average Bonchev–Trinajstić information content (AvgIpc) is 3.07. The van der Waals surface area contributed by atoms with Crippen molar-refractivity contribution in [2.24, 2.45) is 0 Å². The molecule has 0 radical (unpaired) electrons. The Hall–Kier alpha value is -4.75. The summed E-state index contributed by atoms with van der Waals surface area (Å²) in [6.07, 6.45) is -7.16. The van der Waals surface area contributed by atoms with Gasteiger partial charge < -0.3 is 15.5 Å². The van der Waals surface area contributed by atoms with E-state index < -0.39 is 35.6 Å². The van der Waals surface area contributed by atoms with Crippen LogP contribution in [0.15, 0.2) is 48.7 Å². The number of alkyl halides is 3. The normalized spacial score (nSPS) is 11.5. The second kappa shape index (κ2) is 8.55. The van der Waals surface area contributed by atoms with Crippen molar-refractivity contribution in [3.63, 3.8) is 0 Å². The van der Waals surface area contributed by atoms with E-state index in [0.29, 0.717) is 11.3 Å². The summed E-state index contributed by atoms with van der Waals surface area (Å²) in [4.78, 5) is 35.5. The van der Waals surface area contributed by atoms with Gasteiger partial charge in [-0.1, -0.05) is 0 Å². The third-order valence-electron chi connectivity index (χ3n) is 4.79. The highest BCUT2D eigenvalue weighted by atomic mass is 19.4. The van der Waals surface area contributed by atoms with Crippen LogP contribution in [0, 0.1) is 12.7 Å². The monoisotopic (exact) mass is 490 g/mol. The number of halogens is 4. The molecule has 3 aromatic heterocycles. The van der Waals surface area contributed by atoms with Crippen LogP contribution in [0.5, 0.6) is 0 Å². The number of rotatable bonds is 4. The van der Waals surface area contributed by atoms with E-state index in [4.69, 9.17) is 0 Å². The maximum absolute atomic E-state index is 13.9. The molecule has 0 saturated carbocycles. The minimum absolute atomic E-state index is 0.0208. The molecule has 3 N–H and O–H groups in total. The van der Waals surface area contributed by atoms with Crippen molar-refractivity contribution in [3.8, 4) is 11.4 Å². The molecule has 0 aliphatic rings. The fourth-order valence-electron chi connectivity index (χ4n) is 3.32. The smallest absolute Gasteiger partial charge is 0.422 e. The number of hydrogen-bond donors (Lipinski definition) is 3. The Balaban J connectivity index is 1.87. The second-order valence-electron chi connectivity index (χ2n) is 7.16. The Morgan fingerprint density at radius 3 is 2.26 bits per heavy atom. The van der Waals surface area contributed by atoms with Crippen molar-refractivity contribution >= 4 is 35.3 Å². The highest BCUT2D eigenvalue weighted by molar-refractivity contribution is 6.07. The molecule has 1 aromatic carbocycles. The Labute approximate surface area is 193 Å². The number of nitrogens with zero attached hydrogens (tertiary/aromatic N) is 5. The van der Waals surface area contributed by atoms with Crippen LogP contribution in [0.25, 0.3) is 17.0 Å². The van der Waals surface area contributed by atoms with E-state index in [-0.39, 0.29) is 27.9 Å². The summed E-state index contributed by atoms with van der Waals surface area (Å²) in [5.74, 6) is -1.50. The predicted molar refractivity (Wildman–Crippen MR) is 114 cm³/mol. The molecule has 0 unspecified atom stereocenters. The lowest BCUT2D eigenvalue weighted by atomic mass is 10.2. The van der Waals surface area contributed by atoms with Crippen molar-refractivity contribution < 1.29 is 37.4 Å². The van der Waals surface area contributed by atoms with Gasteiger partial charge in [0.25, 0.3) is 0 Å².